The number of aryl methyl sites for hydroxylation is 1. The average molecular weight is 342 g/mol. The molecule has 2 N–H and O–H groups in total. The summed E-state index contributed by atoms with van der Waals surface area (Å²) in [6.07, 6.45) is 1.32. The topological polar surface area (TPSA) is 87.5 Å². The molecule has 0 radical (unpaired) electrons. The average Bonchev–Trinajstić information content (AvgIpc) is 2.94. The number of rotatable bonds is 4. The molecule has 0 bridgehead atoms. The van der Waals surface area contributed by atoms with Gasteiger partial charge < -0.3 is 10.0 Å². The number of amides is 2. The van der Waals surface area contributed by atoms with E-state index in [1.165, 1.54) is 0 Å². The lowest BCUT2D eigenvalue weighted by Gasteiger charge is -2.30. The van der Waals surface area contributed by atoms with Gasteiger partial charge in [0, 0.05) is 19.2 Å². The highest BCUT2D eigenvalue weighted by Crippen LogP contribution is 2.19. The van der Waals surface area contributed by atoms with Crippen LogP contribution in [0.25, 0.3) is 0 Å². The number of urea groups is 1. The van der Waals surface area contributed by atoms with Crippen LogP contribution < -0.4 is 5.32 Å². The van der Waals surface area contributed by atoms with Crippen LogP contribution in [0, 0.1) is 12.8 Å². The molecular formula is C18H22N4O3. The zero-order valence-corrected chi connectivity index (χ0v) is 14.2. The normalized spacial score (nSPS) is 17.3. The van der Waals surface area contributed by atoms with Gasteiger partial charge in [-0.15, -0.1) is 0 Å². The van der Waals surface area contributed by atoms with Crippen LogP contribution in [0.1, 0.15) is 24.1 Å². The molecule has 1 fully saturated rings. The van der Waals surface area contributed by atoms with E-state index in [0.29, 0.717) is 31.7 Å². The van der Waals surface area contributed by atoms with Crippen LogP contribution in [-0.2, 0) is 11.3 Å². The van der Waals surface area contributed by atoms with Crippen molar-refractivity contribution in [2.45, 2.75) is 26.3 Å². The van der Waals surface area contributed by atoms with E-state index in [1.807, 2.05) is 43.3 Å². The zero-order chi connectivity index (χ0) is 17.8. The Labute approximate surface area is 146 Å². The molecule has 132 valence electrons. The van der Waals surface area contributed by atoms with Crippen molar-refractivity contribution in [1.29, 1.82) is 0 Å². The molecule has 7 heteroatoms. The van der Waals surface area contributed by atoms with Crippen molar-refractivity contribution < 1.29 is 14.7 Å². The Morgan fingerprint density at radius 2 is 2.08 bits per heavy atom. The Balaban J connectivity index is 1.70. The molecule has 7 nitrogen and oxygen atoms in total. The smallest absolute Gasteiger partial charge is 0.323 e. The molecule has 2 amide bonds. The standard InChI is InChI=1S/C18H22N4O3/c1-13-10-16(22(20-13)11-14-6-3-2-4-7-14)19-18(25)21-9-5-8-15(12-21)17(23)24/h2-4,6-7,10,15H,5,8-9,11-12H2,1H3,(H,19,25)(H,23,24). The van der Waals surface area contributed by atoms with Gasteiger partial charge in [0.25, 0.3) is 0 Å². The lowest BCUT2D eigenvalue weighted by atomic mass is 9.99. The maximum absolute atomic E-state index is 12.5. The van der Waals surface area contributed by atoms with E-state index in [4.69, 9.17) is 5.11 Å². The van der Waals surface area contributed by atoms with Crippen LogP contribution in [0.3, 0.4) is 0 Å². The van der Waals surface area contributed by atoms with Crippen LogP contribution >= 0.6 is 0 Å². The quantitative estimate of drug-likeness (QED) is 0.894. The number of nitrogens with zero attached hydrogens (tertiary/aromatic N) is 3. The van der Waals surface area contributed by atoms with E-state index >= 15 is 0 Å². The predicted octanol–water partition coefficient (Wildman–Crippen LogP) is 2.57. The van der Waals surface area contributed by atoms with Crippen molar-refractivity contribution in [2.24, 2.45) is 5.92 Å². The van der Waals surface area contributed by atoms with Crippen molar-refractivity contribution in [3.8, 4) is 0 Å². The fourth-order valence-electron chi connectivity index (χ4n) is 3.07. The highest BCUT2D eigenvalue weighted by molar-refractivity contribution is 5.89. The fourth-order valence-corrected chi connectivity index (χ4v) is 3.07. The van der Waals surface area contributed by atoms with Crippen LogP contribution in [0.5, 0.6) is 0 Å². The monoisotopic (exact) mass is 342 g/mol. The van der Waals surface area contributed by atoms with E-state index < -0.39 is 11.9 Å². The van der Waals surface area contributed by atoms with E-state index in [-0.39, 0.29) is 12.6 Å². The van der Waals surface area contributed by atoms with Gasteiger partial charge in [-0.2, -0.15) is 5.10 Å². The Hall–Kier alpha value is -2.83. The summed E-state index contributed by atoms with van der Waals surface area (Å²) in [6.45, 7) is 3.24. The Kier molecular flexibility index (Phi) is 5.02. The van der Waals surface area contributed by atoms with Gasteiger partial charge in [-0.05, 0) is 25.3 Å². The molecule has 0 spiro atoms. The molecular weight excluding hydrogens is 320 g/mol. The van der Waals surface area contributed by atoms with Gasteiger partial charge in [-0.25, -0.2) is 9.48 Å². The summed E-state index contributed by atoms with van der Waals surface area (Å²) in [5, 5.41) is 16.5. The van der Waals surface area contributed by atoms with Crippen LogP contribution in [0.15, 0.2) is 36.4 Å². The van der Waals surface area contributed by atoms with E-state index in [0.717, 1.165) is 11.3 Å². The van der Waals surface area contributed by atoms with Gasteiger partial charge >= 0.3 is 12.0 Å². The SMILES string of the molecule is Cc1cc(NC(=O)N2CCCC(C(=O)O)C2)n(Cc2ccccc2)n1. The number of carboxylic acid groups (broad SMARTS) is 1. The number of carbonyl (C=O) groups excluding carboxylic acids is 1. The molecule has 1 aliphatic heterocycles. The highest BCUT2D eigenvalue weighted by atomic mass is 16.4. The highest BCUT2D eigenvalue weighted by Gasteiger charge is 2.28. The van der Waals surface area contributed by atoms with Crippen molar-refractivity contribution in [3.63, 3.8) is 0 Å². The maximum Gasteiger partial charge on any atom is 0.323 e. The van der Waals surface area contributed by atoms with Gasteiger partial charge in [-0.3, -0.25) is 10.1 Å². The zero-order valence-electron chi connectivity index (χ0n) is 14.2. The lowest BCUT2D eigenvalue weighted by Crippen LogP contribution is -2.44. The minimum atomic E-state index is -0.845. The third-order valence-corrected chi connectivity index (χ3v) is 4.37. The first-order valence-corrected chi connectivity index (χ1v) is 8.40. The second-order valence-electron chi connectivity index (χ2n) is 6.37. The number of nitrogens with one attached hydrogen (secondary N) is 1. The molecule has 1 aromatic carbocycles. The number of aliphatic carboxylic acids is 1. The third kappa shape index (κ3) is 4.17. The number of hydrogen-bond acceptors (Lipinski definition) is 3. The van der Waals surface area contributed by atoms with Gasteiger partial charge in [0.2, 0.25) is 0 Å². The third-order valence-electron chi connectivity index (χ3n) is 4.37. The molecule has 1 aliphatic rings. The number of anilines is 1. The van der Waals surface area contributed by atoms with E-state index in [1.54, 1.807) is 9.58 Å². The minimum Gasteiger partial charge on any atom is -0.481 e. The number of piperidine rings is 1. The largest absolute Gasteiger partial charge is 0.481 e. The summed E-state index contributed by atoms with van der Waals surface area (Å²) < 4.78 is 1.75. The number of benzene rings is 1. The van der Waals surface area contributed by atoms with Gasteiger partial charge in [-0.1, -0.05) is 30.3 Å². The number of carboxylic acids is 1. The second-order valence-corrected chi connectivity index (χ2v) is 6.37. The van der Waals surface area contributed by atoms with E-state index in [2.05, 4.69) is 10.4 Å². The first-order chi connectivity index (χ1) is 12.0. The van der Waals surface area contributed by atoms with Crippen LogP contribution in [-0.4, -0.2) is 44.9 Å². The molecule has 2 aromatic rings. The Morgan fingerprint density at radius 1 is 1.32 bits per heavy atom. The molecule has 1 saturated heterocycles. The number of aromatic nitrogens is 2. The summed E-state index contributed by atoms with van der Waals surface area (Å²) in [4.78, 5) is 25.3. The van der Waals surface area contributed by atoms with E-state index in [9.17, 15) is 9.59 Å². The van der Waals surface area contributed by atoms with Crippen LogP contribution in [0.4, 0.5) is 10.6 Å². The first kappa shape index (κ1) is 17.0. The van der Waals surface area contributed by atoms with Gasteiger partial charge in [0.15, 0.2) is 0 Å². The summed E-state index contributed by atoms with van der Waals surface area (Å²) in [6, 6.07) is 11.4. The summed E-state index contributed by atoms with van der Waals surface area (Å²) >= 11 is 0. The predicted molar refractivity (Wildman–Crippen MR) is 93.5 cm³/mol. The molecule has 3 rings (SSSR count). The minimum absolute atomic E-state index is 0.243. The van der Waals surface area contributed by atoms with Crippen molar-refractivity contribution >= 4 is 17.8 Å². The number of hydrogen-bond donors (Lipinski definition) is 2. The van der Waals surface area contributed by atoms with Crippen molar-refractivity contribution in [2.75, 3.05) is 18.4 Å². The van der Waals surface area contributed by atoms with Crippen molar-refractivity contribution in [1.82, 2.24) is 14.7 Å². The molecule has 1 aromatic heterocycles. The molecule has 1 unspecified atom stereocenters. The maximum atomic E-state index is 12.5. The van der Waals surface area contributed by atoms with Gasteiger partial charge in [0.05, 0.1) is 18.2 Å². The second kappa shape index (κ2) is 7.38. The molecule has 0 saturated carbocycles. The van der Waals surface area contributed by atoms with Crippen molar-refractivity contribution in [3.05, 3.63) is 47.7 Å². The summed E-state index contributed by atoms with van der Waals surface area (Å²) in [7, 11) is 0. The number of likely N-dealkylation sites (tertiary alicyclic amines) is 1. The van der Waals surface area contributed by atoms with Gasteiger partial charge in [0.1, 0.15) is 5.82 Å². The Morgan fingerprint density at radius 3 is 2.80 bits per heavy atom. The molecule has 1 atom stereocenters. The van der Waals surface area contributed by atoms with Crippen LogP contribution in [0.2, 0.25) is 0 Å². The fraction of sp³-hybridized carbons (Fsp3) is 0.389. The first-order valence-electron chi connectivity index (χ1n) is 8.40. The Bertz CT molecular complexity index is 757. The molecule has 2 heterocycles. The summed E-state index contributed by atoms with van der Waals surface area (Å²) in [5.41, 5.74) is 1.90. The molecule has 25 heavy (non-hydrogen) atoms. The lowest BCUT2D eigenvalue weighted by molar-refractivity contribution is -0.143. The number of carbonyl (C=O) groups is 2. The molecule has 0 aliphatic carbocycles. The summed E-state index contributed by atoms with van der Waals surface area (Å²) in [5.74, 6) is -0.721.